The van der Waals surface area contributed by atoms with Crippen molar-refractivity contribution in [2.24, 2.45) is 11.1 Å². The third-order valence-corrected chi connectivity index (χ3v) is 3.72. The summed E-state index contributed by atoms with van der Waals surface area (Å²) in [6.45, 7) is 7.77. The smallest absolute Gasteiger partial charge is 0.0542 e. The van der Waals surface area contributed by atoms with Gasteiger partial charge < -0.3 is 15.4 Å². The predicted octanol–water partition coefficient (Wildman–Crippen LogP) is 1.23. The van der Waals surface area contributed by atoms with E-state index in [4.69, 9.17) is 10.5 Å². The van der Waals surface area contributed by atoms with Crippen molar-refractivity contribution in [3.63, 3.8) is 0 Å². The molecule has 0 aliphatic carbocycles. The van der Waals surface area contributed by atoms with Crippen molar-refractivity contribution in [2.45, 2.75) is 38.6 Å². The second kappa shape index (κ2) is 4.81. The highest BCUT2D eigenvalue weighted by atomic mass is 16.5. The normalized spacial score (nSPS) is 32.0. The van der Waals surface area contributed by atoms with Crippen LogP contribution < -0.4 is 5.73 Å². The van der Waals surface area contributed by atoms with Crippen LogP contribution in [0.2, 0.25) is 0 Å². The molecule has 0 bridgehead atoms. The molecule has 0 saturated carbocycles. The minimum Gasteiger partial charge on any atom is -0.380 e. The highest BCUT2D eigenvalue weighted by molar-refractivity contribution is 4.83. The highest BCUT2D eigenvalue weighted by Crippen LogP contribution is 2.30. The van der Waals surface area contributed by atoms with Gasteiger partial charge in [-0.05, 0) is 32.4 Å². The number of nitrogens with two attached hydrogens (primary N) is 1. The summed E-state index contributed by atoms with van der Waals surface area (Å²) < 4.78 is 5.28. The van der Waals surface area contributed by atoms with Crippen LogP contribution in [-0.4, -0.2) is 43.8 Å². The van der Waals surface area contributed by atoms with Gasteiger partial charge in [0, 0.05) is 18.0 Å². The van der Waals surface area contributed by atoms with E-state index >= 15 is 0 Å². The van der Waals surface area contributed by atoms with Crippen molar-refractivity contribution < 1.29 is 4.74 Å². The van der Waals surface area contributed by atoms with Gasteiger partial charge in [-0.1, -0.05) is 13.3 Å². The quantitative estimate of drug-likeness (QED) is 0.764. The van der Waals surface area contributed by atoms with E-state index in [9.17, 15) is 0 Å². The van der Waals surface area contributed by atoms with Crippen LogP contribution in [-0.2, 0) is 4.74 Å². The minimum atomic E-state index is 0.401. The summed E-state index contributed by atoms with van der Waals surface area (Å²) in [5.41, 5.74) is 6.50. The Bertz CT molecular complexity index is 204. The van der Waals surface area contributed by atoms with E-state index in [2.05, 4.69) is 11.8 Å². The summed E-state index contributed by atoms with van der Waals surface area (Å²) in [5.74, 6) is 0. The zero-order valence-electron chi connectivity index (χ0n) is 9.87. The van der Waals surface area contributed by atoms with E-state index in [0.29, 0.717) is 11.5 Å². The fourth-order valence-corrected chi connectivity index (χ4v) is 2.48. The van der Waals surface area contributed by atoms with Crippen LogP contribution in [0.25, 0.3) is 0 Å². The molecule has 2 fully saturated rings. The molecule has 15 heavy (non-hydrogen) atoms. The minimum absolute atomic E-state index is 0.401. The molecular formula is C12H24N2O. The summed E-state index contributed by atoms with van der Waals surface area (Å²) in [6.07, 6.45) is 5.09. The van der Waals surface area contributed by atoms with Crippen LogP contribution in [0, 0.1) is 5.41 Å². The van der Waals surface area contributed by atoms with Crippen molar-refractivity contribution in [3.8, 4) is 0 Å². The van der Waals surface area contributed by atoms with Gasteiger partial charge in [0.1, 0.15) is 0 Å². The van der Waals surface area contributed by atoms with Crippen LogP contribution in [0.1, 0.15) is 32.6 Å². The Morgan fingerprint density at radius 3 is 2.87 bits per heavy atom. The van der Waals surface area contributed by atoms with Gasteiger partial charge in [0.15, 0.2) is 0 Å². The number of hydrogen-bond donors (Lipinski definition) is 1. The SMILES string of the molecule is CC1(CCN2CCCCC(N)C2)COC1. The number of likely N-dealkylation sites (tertiary alicyclic amines) is 1. The Morgan fingerprint density at radius 2 is 2.20 bits per heavy atom. The first kappa shape index (κ1) is 11.4. The van der Waals surface area contributed by atoms with Crippen molar-refractivity contribution in [1.82, 2.24) is 4.90 Å². The maximum Gasteiger partial charge on any atom is 0.0542 e. The van der Waals surface area contributed by atoms with E-state index in [1.807, 2.05) is 0 Å². The average molecular weight is 212 g/mol. The van der Waals surface area contributed by atoms with Gasteiger partial charge in [-0.2, -0.15) is 0 Å². The van der Waals surface area contributed by atoms with Gasteiger partial charge in [0.2, 0.25) is 0 Å². The van der Waals surface area contributed by atoms with E-state index in [-0.39, 0.29) is 0 Å². The molecule has 88 valence electrons. The Balaban J connectivity index is 1.72. The maximum absolute atomic E-state index is 6.04. The molecule has 2 heterocycles. The Labute approximate surface area is 93.0 Å². The van der Waals surface area contributed by atoms with Gasteiger partial charge in [-0.25, -0.2) is 0 Å². The second-order valence-electron chi connectivity index (χ2n) is 5.61. The molecule has 1 unspecified atom stereocenters. The molecule has 2 saturated heterocycles. The number of rotatable bonds is 3. The van der Waals surface area contributed by atoms with Gasteiger partial charge in [-0.3, -0.25) is 0 Å². The van der Waals surface area contributed by atoms with E-state index < -0.39 is 0 Å². The zero-order valence-corrected chi connectivity index (χ0v) is 9.87. The predicted molar refractivity (Wildman–Crippen MR) is 61.8 cm³/mol. The molecule has 0 radical (unpaired) electrons. The van der Waals surface area contributed by atoms with Crippen molar-refractivity contribution in [1.29, 1.82) is 0 Å². The monoisotopic (exact) mass is 212 g/mol. The van der Waals surface area contributed by atoms with Crippen LogP contribution in [0.15, 0.2) is 0 Å². The molecule has 2 rings (SSSR count). The summed E-state index contributed by atoms with van der Waals surface area (Å²) in [7, 11) is 0. The van der Waals surface area contributed by atoms with Crippen LogP contribution in [0.3, 0.4) is 0 Å². The lowest BCUT2D eigenvalue weighted by molar-refractivity contribution is -0.108. The first-order valence-electron chi connectivity index (χ1n) is 6.24. The van der Waals surface area contributed by atoms with E-state index in [1.165, 1.54) is 38.8 Å². The molecule has 0 aromatic carbocycles. The van der Waals surface area contributed by atoms with E-state index in [1.54, 1.807) is 0 Å². The Kier molecular flexibility index (Phi) is 3.65. The lowest BCUT2D eigenvalue weighted by Crippen LogP contribution is -2.44. The second-order valence-corrected chi connectivity index (χ2v) is 5.61. The standard InChI is InChI=1S/C12H24N2O/c1-12(9-15-10-12)5-7-14-6-3-2-4-11(13)8-14/h11H,2-10,13H2,1H3. The summed E-state index contributed by atoms with van der Waals surface area (Å²) in [6, 6.07) is 0.401. The Morgan fingerprint density at radius 1 is 1.40 bits per heavy atom. The molecule has 3 nitrogen and oxygen atoms in total. The summed E-state index contributed by atoms with van der Waals surface area (Å²) in [4.78, 5) is 2.54. The largest absolute Gasteiger partial charge is 0.380 e. The van der Waals surface area contributed by atoms with Crippen LogP contribution >= 0.6 is 0 Å². The van der Waals surface area contributed by atoms with Gasteiger partial charge in [0.05, 0.1) is 13.2 Å². The first-order chi connectivity index (χ1) is 7.18. The molecule has 0 aromatic rings. The van der Waals surface area contributed by atoms with Crippen molar-refractivity contribution >= 4 is 0 Å². The molecule has 3 heteroatoms. The molecule has 1 atom stereocenters. The van der Waals surface area contributed by atoms with Crippen molar-refractivity contribution in [2.75, 3.05) is 32.8 Å². The van der Waals surface area contributed by atoms with Gasteiger partial charge >= 0.3 is 0 Å². The van der Waals surface area contributed by atoms with Crippen LogP contribution in [0.5, 0.6) is 0 Å². The third kappa shape index (κ3) is 3.16. The first-order valence-corrected chi connectivity index (χ1v) is 6.24. The lowest BCUT2D eigenvalue weighted by atomic mass is 9.85. The number of hydrogen-bond acceptors (Lipinski definition) is 3. The molecule has 2 aliphatic rings. The van der Waals surface area contributed by atoms with Crippen molar-refractivity contribution in [3.05, 3.63) is 0 Å². The van der Waals surface area contributed by atoms with Gasteiger partial charge in [-0.15, -0.1) is 0 Å². The van der Waals surface area contributed by atoms with Crippen LogP contribution in [0.4, 0.5) is 0 Å². The summed E-state index contributed by atoms with van der Waals surface area (Å²) >= 11 is 0. The molecule has 0 aromatic heterocycles. The van der Waals surface area contributed by atoms with E-state index in [0.717, 1.165) is 19.8 Å². The lowest BCUT2D eigenvalue weighted by Gasteiger charge is -2.39. The topological polar surface area (TPSA) is 38.5 Å². The zero-order chi connectivity index (χ0) is 10.7. The fourth-order valence-electron chi connectivity index (χ4n) is 2.48. The maximum atomic E-state index is 6.04. The molecule has 0 spiro atoms. The average Bonchev–Trinajstić information content (AvgIpc) is 2.37. The fraction of sp³-hybridized carbons (Fsp3) is 1.00. The Hall–Kier alpha value is -0.120. The number of ether oxygens (including phenoxy) is 1. The van der Waals surface area contributed by atoms with Gasteiger partial charge in [0.25, 0.3) is 0 Å². The molecule has 2 aliphatic heterocycles. The third-order valence-electron chi connectivity index (χ3n) is 3.72. The number of nitrogens with zero attached hydrogens (tertiary/aromatic N) is 1. The highest BCUT2D eigenvalue weighted by Gasteiger charge is 2.33. The molecule has 2 N–H and O–H groups in total. The molecule has 0 amide bonds. The summed E-state index contributed by atoms with van der Waals surface area (Å²) in [5, 5.41) is 0. The molecular weight excluding hydrogens is 188 g/mol.